The molecule has 1 N–H and O–H groups in total. The van der Waals surface area contributed by atoms with E-state index < -0.39 is 5.97 Å². The summed E-state index contributed by atoms with van der Waals surface area (Å²) in [6.07, 6.45) is 0. The molecule has 0 aliphatic carbocycles. The summed E-state index contributed by atoms with van der Waals surface area (Å²) in [7, 11) is 0. The molecule has 2 rings (SSSR count). The molecule has 0 saturated carbocycles. The third-order valence-corrected chi connectivity index (χ3v) is 2.63. The average molecular weight is 242 g/mol. The molecule has 0 radical (unpaired) electrons. The lowest BCUT2D eigenvalue weighted by atomic mass is 10.1. The fourth-order valence-electron chi connectivity index (χ4n) is 1.61. The molecule has 92 valence electrons. The van der Waals surface area contributed by atoms with Crippen LogP contribution in [0.2, 0.25) is 0 Å². The third-order valence-electron chi connectivity index (χ3n) is 2.63. The Morgan fingerprint density at radius 1 is 1.11 bits per heavy atom. The van der Waals surface area contributed by atoms with Crippen LogP contribution in [0.4, 0.5) is 0 Å². The molecule has 0 amide bonds. The monoisotopic (exact) mass is 242 g/mol. The largest absolute Gasteiger partial charge is 0.488 e. The van der Waals surface area contributed by atoms with E-state index in [1.165, 1.54) is 11.6 Å². The number of aryl methyl sites for hydroxylation is 1. The van der Waals surface area contributed by atoms with Gasteiger partial charge in [0.05, 0.1) is 0 Å². The lowest BCUT2D eigenvalue weighted by Crippen LogP contribution is -2.03. The first-order valence-electron chi connectivity index (χ1n) is 5.67. The van der Waals surface area contributed by atoms with E-state index in [0.29, 0.717) is 12.4 Å². The van der Waals surface area contributed by atoms with Crippen molar-refractivity contribution in [3.8, 4) is 5.75 Å². The van der Waals surface area contributed by atoms with Gasteiger partial charge in [0.15, 0.2) is 0 Å². The van der Waals surface area contributed by atoms with Crippen molar-refractivity contribution in [1.82, 2.24) is 0 Å². The second-order valence-corrected chi connectivity index (χ2v) is 4.08. The maximum atomic E-state index is 11.0. The summed E-state index contributed by atoms with van der Waals surface area (Å²) in [6, 6.07) is 14.6. The lowest BCUT2D eigenvalue weighted by molar-refractivity contribution is 0.0692. The van der Waals surface area contributed by atoms with Gasteiger partial charge in [-0.15, -0.1) is 0 Å². The minimum Gasteiger partial charge on any atom is -0.488 e. The first-order valence-corrected chi connectivity index (χ1v) is 5.67. The quantitative estimate of drug-likeness (QED) is 0.895. The molecule has 0 fully saturated rings. The summed E-state index contributed by atoms with van der Waals surface area (Å²) in [4.78, 5) is 11.0. The molecule has 0 saturated heterocycles. The summed E-state index contributed by atoms with van der Waals surface area (Å²) in [5, 5.41) is 9.02. The van der Waals surface area contributed by atoms with Crippen LogP contribution in [0, 0.1) is 6.92 Å². The van der Waals surface area contributed by atoms with Gasteiger partial charge >= 0.3 is 5.97 Å². The molecule has 0 aliphatic rings. The number of hydrogen-bond acceptors (Lipinski definition) is 2. The Bertz CT molecular complexity index is 544. The smallest absolute Gasteiger partial charge is 0.339 e. The van der Waals surface area contributed by atoms with Gasteiger partial charge in [0, 0.05) is 0 Å². The summed E-state index contributed by atoms with van der Waals surface area (Å²) in [5.41, 5.74) is 2.38. The highest BCUT2D eigenvalue weighted by Crippen LogP contribution is 2.19. The standard InChI is InChI=1S/C15H14O3/c1-11-6-8-12(9-7-11)10-18-14-5-3-2-4-13(14)15(16)17/h2-9H,10H2,1H3,(H,16,17). The fraction of sp³-hybridized carbons (Fsp3) is 0.133. The number of carboxylic acids is 1. The van der Waals surface area contributed by atoms with Crippen molar-refractivity contribution in [2.45, 2.75) is 13.5 Å². The Kier molecular flexibility index (Phi) is 3.63. The lowest BCUT2D eigenvalue weighted by Gasteiger charge is -2.09. The Morgan fingerprint density at radius 3 is 2.44 bits per heavy atom. The molecule has 0 spiro atoms. The highest BCUT2D eigenvalue weighted by molar-refractivity contribution is 5.90. The van der Waals surface area contributed by atoms with Crippen LogP contribution >= 0.6 is 0 Å². The van der Waals surface area contributed by atoms with E-state index in [1.807, 2.05) is 31.2 Å². The number of ether oxygens (including phenoxy) is 1. The minimum atomic E-state index is -0.977. The molecule has 0 bridgehead atoms. The number of aromatic carboxylic acids is 1. The van der Waals surface area contributed by atoms with Crippen molar-refractivity contribution in [3.63, 3.8) is 0 Å². The van der Waals surface area contributed by atoms with Crippen molar-refractivity contribution in [3.05, 3.63) is 65.2 Å². The van der Waals surface area contributed by atoms with Gasteiger partial charge in [0.1, 0.15) is 17.9 Å². The van der Waals surface area contributed by atoms with E-state index in [-0.39, 0.29) is 5.56 Å². The predicted octanol–water partition coefficient (Wildman–Crippen LogP) is 3.27. The van der Waals surface area contributed by atoms with Gasteiger partial charge in [-0.1, -0.05) is 42.0 Å². The SMILES string of the molecule is Cc1ccc(COc2ccccc2C(=O)O)cc1. The van der Waals surface area contributed by atoms with Crippen LogP contribution in [-0.2, 0) is 6.61 Å². The van der Waals surface area contributed by atoms with Gasteiger partial charge in [0.25, 0.3) is 0 Å². The van der Waals surface area contributed by atoms with Crippen molar-refractivity contribution in [2.24, 2.45) is 0 Å². The van der Waals surface area contributed by atoms with Gasteiger partial charge in [0.2, 0.25) is 0 Å². The zero-order chi connectivity index (χ0) is 13.0. The van der Waals surface area contributed by atoms with Crippen LogP contribution in [0.15, 0.2) is 48.5 Å². The number of carboxylic acid groups (broad SMARTS) is 1. The summed E-state index contributed by atoms with van der Waals surface area (Å²) >= 11 is 0. The molecule has 0 unspecified atom stereocenters. The Balaban J connectivity index is 2.10. The van der Waals surface area contributed by atoms with Gasteiger partial charge in [-0.05, 0) is 24.6 Å². The second kappa shape index (κ2) is 5.36. The summed E-state index contributed by atoms with van der Waals surface area (Å²) in [6.45, 7) is 2.38. The van der Waals surface area contributed by atoms with Crippen LogP contribution in [0.1, 0.15) is 21.5 Å². The Morgan fingerprint density at radius 2 is 1.78 bits per heavy atom. The Labute approximate surface area is 106 Å². The molecule has 0 aromatic heterocycles. The molecule has 3 heteroatoms. The van der Waals surface area contributed by atoms with Crippen molar-refractivity contribution < 1.29 is 14.6 Å². The minimum absolute atomic E-state index is 0.185. The fourth-order valence-corrected chi connectivity index (χ4v) is 1.61. The highest BCUT2D eigenvalue weighted by Gasteiger charge is 2.09. The van der Waals surface area contributed by atoms with E-state index in [0.717, 1.165) is 5.56 Å². The van der Waals surface area contributed by atoms with Crippen LogP contribution in [0.5, 0.6) is 5.75 Å². The van der Waals surface area contributed by atoms with Crippen molar-refractivity contribution in [1.29, 1.82) is 0 Å². The van der Waals surface area contributed by atoms with Crippen LogP contribution in [-0.4, -0.2) is 11.1 Å². The van der Waals surface area contributed by atoms with Crippen molar-refractivity contribution >= 4 is 5.97 Å². The first kappa shape index (κ1) is 12.2. The molecular weight excluding hydrogens is 228 g/mol. The highest BCUT2D eigenvalue weighted by atomic mass is 16.5. The van der Waals surface area contributed by atoms with Gasteiger partial charge in [-0.3, -0.25) is 0 Å². The van der Waals surface area contributed by atoms with Crippen LogP contribution < -0.4 is 4.74 Å². The number of hydrogen-bond donors (Lipinski definition) is 1. The average Bonchev–Trinajstić information content (AvgIpc) is 2.38. The first-order chi connectivity index (χ1) is 8.66. The summed E-state index contributed by atoms with van der Waals surface area (Å²) in [5.74, 6) is -0.583. The molecule has 2 aromatic rings. The Hall–Kier alpha value is -2.29. The third kappa shape index (κ3) is 2.88. The van der Waals surface area contributed by atoms with E-state index in [1.54, 1.807) is 18.2 Å². The normalized spacial score (nSPS) is 10.1. The summed E-state index contributed by atoms with van der Waals surface area (Å²) < 4.78 is 5.54. The molecule has 0 atom stereocenters. The van der Waals surface area contributed by atoms with E-state index in [4.69, 9.17) is 9.84 Å². The van der Waals surface area contributed by atoms with Crippen LogP contribution in [0.25, 0.3) is 0 Å². The number of carbonyl (C=O) groups is 1. The molecule has 0 heterocycles. The van der Waals surface area contributed by atoms with E-state index >= 15 is 0 Å². The van der Waals surface area contributed by atoms with Crippen molar-refractivity contribution in [2.75, 3.05) is 0 Å². The number of rotatable bonds is 4. The van der Waals surface area contributed by atoms with Gasteiger partial charge in [-0.2, -0.15) is 0 Å². The van der Waals surface area contributed by atoms with E-state index in [9.17, 15) is 4.79 Å². The molecular formula is C15H14O3. The maximum Gasteiger partial charge on any atom is 0.339 e. The van der Waals surface area contributed by atoms with Gasteiger partial charge < -0.3 is 9.84 Å². The molecule has 3 nitrogen and oxygen atoms in total. The topological polar surface area (TPSA) is 46.5 Å². The predicted molar refractivity (Wildman–Crippen MR) is 68.9 cm³/mol. The maximum absolute atomic E-state index is 11.0. The number of para-hydroxylation sites is 1. The second-order valence-electron chi connectivity index (χ2n) is 4.08. The zero-order valence-corrected chi connectivity index (χ0v) is 10.1. The molecule has 2 aromatic carbocycles. The molecule has 0 aliphatic heterocycles. The van der Waals surface area contributed by atoms with E-state index in [2.05, 4.69) is 0 Å². The van der Waals surface area contributed by atoms with Gasteiger partial charge in [-0.25, -0.2) is 4.79 Å². The molecule has 18 heavy (non-hydrogen) atoms. The van der Waals surface area contributed by atoms with Crippen LogP contribution in [0.3, 0.4) is 0 Å². The number of benzene rings is 2. The zero-order valence-electron chi connectivity index (χ0n) is 10.1.